The Bertz CT molecular complexity index is 1190. The van der Waals surface area contributed by atoms with E-state index < -0.39 is 0 Å². The fourth-order valence-corrected chi connectivity index (χ4v) is 5.69. The van der Waals surface area contributed by atoms with E-state index in [4.69, 9.17) is 0 Å². The molecule has 2 aliphatic heterocycles. The third-order valence-electron chi connectivity index (χ3n) is 7.50. The predicted octanol–water partition coefficient (Wildman–Crippen LogP) is 3.83. The van der Waals surface area contributed by atoms with Gasteiger partial charge in [-0.1, -0.05) is 54.6 Å². The van der Waals surface area contributed by atoms with Gasteiger partial charge < -0.3 is 4.57 Å². The summed E-state index contributed by atoms with van der Waals surface area (Å²) in [5.41, 5.74) is 3.79. The monoisotopic (exact) mass is 467 g/mol. The van der Waals surface area contributed by atoms with E-state index in [9.17, 15) is 0 Å². The van der Waals surface area contributed by atoms with E-state index in [1.165, 1.54) is 49.0 Å². The summed E-state index contributed by atoms with van der Waals surface area (Å²) in [6.45, 7) is 6.21. The van der Waals surface area contributed by atoms with Crippen molar-refractivity contribution >= 4 is 0 Å². The molecule has 2 aromatic heterocycles. The topological polar surface area (TPSA) is 55.0 Å². The summed E-state index contributed by atoms with van der Waals surface area (Å²) in [5, 5.41) is 13.4. The van der Waals surface area contributed by atoms with Gasteiger partial charge in [-0.3, -0.25) is 14.5 Å². The Hall–Kier alpha value is -3.29. The van der Waals surface area contributed by atoms with Crippen LogP contribution in [0.1, 0.15) is 47.8 Å². The zero-order valence-electron chi connectivity index (χ0n) is 20.2. The number of hydrogen-bond donors (Lipinski definition) is 0. The molecule has 0 saturated carbocycles. The quantitative estimate of drug-likeness (QED) is 0.394. The molecule has 2 unspecified atom stereocenters. The molecule has 4 heterocycles. The molecule has 7 heteroatoms. The maximum atomic E-state index is 4.68. The van der Waals surface area contributed by atoms with Crippen LogP contribution in [0.4, 0.5) is 0 Å². The van der Waals surface area contributed by atoms with Crippen LogP contribution in [0, 0.1) is 0 Å². The van der Waals surface area contributed by atoms with Gasteiger partial charge in [-0.25, -0.2) is 0 Å². The van der Waals surface area contributed by atoms with Crippen LogP contribution in [-0.2, 0) is 13.1 Å². The van der Waals surface area contributed by atoms with Crippen LogP contribution in [-0.4, -0.2) is 66.6 Å². The van der Waals surface area contributed by atoms with Crippen LogP contribution in [0.5, 0.6) is 0 Å². The second-order valence-corrected chi connectivity index (χ2v) is 9.83. The second-order valence-electron chi connectivity index (χ2n) is 9.83. The summed E-state index contributed by atoms with van der Waals surface area (Å²) >= 11 is 0. The molecule has 0 aliphatic carbocycles. The molecule has 2 atom stereocenters. The van der Waals surface area contributed by atoms with Gasteiger partial charge in [0.1, 0.15) is 6.33 Å². The minimum Gasteiger partial charge on any atom is -0.311 e. The predicted molar refractivity (Wildman–Crippen MR) is 136 cm³/mol. The number of benzene rings is 2. The Kier molecular flexibility index (Phi) is 6.43. The molecule has 7 nitrogen and oxygen atoms in total. The van der Waals surface area contributed by atoms with Crippen molar-refractivity contribution in [2.45, 2.75) is 44.4 Å². The van der Waals surface area contributed by atoms with E-state index in [-0.39, 0.29) is 6.04 Å². The second kappa shape index (κ2) is 10.1. The van der Waals surface area contributed by atoms with Gasteiger partial charge in [0.25, 0.3) is 0 Å². The SMILES string of the molecule is c1ccc(Cn2cnnc2C(c2ccc(Cn3cccn3)cc2)N2CCC(N3CCCC3)C2)cc1. The lowest BCUT2D eigenvalue weighted by molar-refractivity contribution is 0.210. The first kappa shape index (κ1) is 22.2. The first-order valence-corrected chi connectivity index (χ1v) is 12.8. The third kappa shape index (κ3) is 4.92. The van der Waals surface area contributed by atoms with Crippen molar-refractivity contribution in [3.8, 4) is 0 Å². The molecule has 180 valence electrons. The molecule has 0 N–H and O–H groups in total. The lowest BCUT2D eigenvalue weighted by Crippen LogP contribution is -2.37. The van der Waals surface area contributed by atoms with E-state index in [2.05, 4.69) is 84.3 Å². The van der Waals surface area contributed by atoms with Gasteiger partial charge in [-0.15, -0.1) is 10.2 Å². The molecule has 0 radical (unpaired) electrons. The molecule has 35 heavy (non-hydrogen) atoms. The molecule has 2 saturated heterocycles. The third-order valence-corrected chi connectivity index (χ3v) is 7.50. The fourth-order valence-electron chi connectivity index (χ4n) is 5.69. The molecule has 0 spiro atoms. The average molecular weight is 468 g/mol. The van der Waals surface area contributed by atoms with Gasteiger partial charge in [0.2, 0.25) is 0 Å². The van der Waals surface area contributed by atoms with Crippen molar-refractivity contribution < 1.29 is 0 Å². The fraction of sp³-hybridized carbons (Fsp3) is 0.393. The summed E-state index contributed by atoms with van der Waals surface area (Å²) < 4.78 is 4.19. The number of aromatic nitrogens is 5. The Morgan fingerprint density at radius 1 is 0.857 bits per heavy atom. The van der Waals surface area contributed by atoms with Crippen LogP contribution in [0.25, 0.3) is 0 Å². The molecular formula is C28H33N7. The summed E-state index contributed by atoms with van der Waals surface area (Å²) in [5.74, 6) is 1.02. The van der Waals surface area contributed by atoms with Crippen molar-refractivity contribution in [1.82, 2.24) is 34.3 Å². The van der Waals surface area contributed by atoms with Crippen LogP contribution in [0.15, 0.2) is 79.4 Å². The standard InChI is InChI=1S/C28H33N7/c1-2-7-23(8-3-1)19-34-22-29-31-28(34)27(33-18-13-26(21-33)32-15-4-5-16-32)25-11-9-24(10-12-25)20-35-17-6-14-30-35/h1-3,6-12,14,17,22,26-27H,4-5,13,15-16,18-21H2. The van der Waals surface area contributed by atoms with E-state index in [0.717, 1.165) is 32.0 Å². The Morgan fingerprint density at radius 2 is 1.66 bits per heavy atom. The van der Waals surface area contributed by atoms with E-state index in [1.54, 1.807) is 0 Å². The lowest BCUT2D eigenvalue weighted by Gasteiger charge is -2.29. The smallest absolute Gasteiger partial charge is 0.155 e. The van der Waals surface area contributed by atoms with E-state index in [0.29, 0.717) is 6.04 Å². The van der Waals surface area contributed by atoms with Crippen molar-refractivity contribution in [2.24, 2.45) is 0 Å². The summed E-state index contributed by atoms with van der Waals surface area (Å²) in [6.07, 6.45) is 9.61. The highest BCUT2D eigenvalue weighted by atomic mass is 15.3. The van der Waals surface area contributed by atoms with Gasteiger partial charge in [0.15, 0.2) is 5.82 Å². The number of likely N-dealkylation sites (tertiary alicyclic amines) is 2. The summed E-state index contributed by atoms with van der Waals surface area (Å²) in [4.78, 5) is 5.32. The lowest BCUT2D eigenvalue weighted by atomic mass is 10.0. The van der Waals surface area contributed by atoms with Gasteiger partial charge in [-0.05, 0) is 55.1 Å². The van der Waals surface area contributed by atoms with Crippen molar-refractivity contribution in [3.63, 3.8) is 0 Å². The van der Waals surface area contributed by atoms with Gasteiger partial charge in [0.05, 0.1) is 19.1 Å². The van der Waals surface area contributed by atoms with Crippen LogP contribution < -0.4 is 0 Å². The minimum absolute atomic E-state index is 0.0903. The zero-order chi connectivity index (χ0) is 23.5. The zero-order valence-corrected chi connectivity index (χ0v) is 20.2. The highest BCUT2D eigenvalue weighted by Gasteiger charge is 2.36. The summed E-state index contributed by atoms with van der Waals surface area (Å²) in [6, 6.07) is 22.3. The molecule has 0 bridgehead atoms. The minimum atomic E-state index is 0.0903. The van der Waals surface area contributed by atoms with Crippen LogP contribution in [0.3, 0.4) is 0 Å². The molecular weight excluding hydrogens is 434 g/mol. The van der Waals surface area contributed by atoms with Gasteiger partial charge >= 0.3 is 0 Å². The Labute approximate surface area is 207 Å². The number of rotatable bonds is 8. The van der Waals surface area contributed by atoms with Crippen molar-refractivity contribution in [3.05, 3.63) is 102 Å². The number of hydrogen-bond acceptors (Lipinski definition) is 5. The highest BCUT2D eigenvalue weighted by Crippen LogP contribution is 2.33. The first-order chi connectivity index (χ1) is 17.3. The normalized spacial score (nSPS) is 19.9. The van der Waals surface area contributed by atoms with E-state index >= 15 is 0 Å². The molecule has 6 rings (SSSR count). The van der Waals surface area contributed by atoms with Gasteiger partial charge in [0, 0.05) is 31.5 Å². The van der Waals surface area contributed by atoms with Crippen LogP contribution in [0.2, 0.25) is 0 Å². The highest BCUT2D eigenvalue weighted by molar-refractivity contribution is 5.30. The molecule has 2 aromatic carbocycles. The molecule has 0 amide bonds. The van der Waals surface area contributed by atoms with Crippen molar-refractivity contribution in [2.75, 3.05) is 26.2 Å². The molecule has 2 fully saturated rings. The summed E-state index contributed by atoms with van der Waals surface area (Å²) in [7, 11) is 0. The van der Waals surface area contributed by atoms with Gasteiger partial charge in [-0.2, -0.15) is 5.10 Å². The Balaban J connectivity index is 1.29. The van der Waals surface area contributed by atoms with Crippen molar-refractivity contribution in [1.29, 1.82) is 0 Å². The van der Waals surface area contributed by atoms with Crippen LogP contribution >= 0.6 is 0 Å². The Morgan fingerprint density at radius 3 is 2.43 bits per heavy atom. The largest absolute Gasteiger partial charge is 0.311 e. The number of nitrogens with zero attached hydrogens (tertiary/aromatic N) is 7. The maximum Gasteiger partial charge on any atom is 0.155 e. The first-order valence-electron chi connectivity index (χ1n) is 12.8. The maximum absolute atomic E-state index is 4.68. The molecule has 4 aromatic rings. The molecule has 2 aliphatic rings. The average Bonchev–Trinajstić information content (AvgIpc) is 3.70. The van der Waals surface area contributed by atoms with E-state index in [1.807, 2.05) is 29.5 Å².